The minimum atomic E-state index is -3.48. The molecule has 78 valence electrons. The van der Waals surface area contributed by atoms with Gasteiger partial charge in [-0.1, -0.05) is 22.0 Å². The lowest BCUT2D eigenvalue weighted by atomic mass is 10.2. The van der Waals surface area contributed by atoms with Gasteiger partial charge in [-0.15, -0.1) is 0 Å². The summed E-state index contributed by atoms with van der Waals surface area (Å²) in [5.74, 6) is -0.575. The minimum Gasteiger partial charge on any atom is -0.280 e. The maximum Gasteiger partial charge on any atom is 0.242 e. The standard InChI is InChI=1S/C8H9BrFNO2S/c1-6-2-3-8(7(10)4-6)11-14(12,13)5-9/h2-4,11H,5H2,1H3. The number of alkyl halides is 1. The highest BCUT2D eigenvalue weighted by Crippen LogP contribution is 2.17. The van der Waals surface area contributed by atoms with E-state index in [2.05, 4.69) is 20.7 Å². The normalized spacial score (nSPS) is 11.4. The first kappa shape index (κ1) is 11.5. The molecule has 0 heterocycles. The molecule has 0 aliphatic heterocycles. The molecule has 14 heavy (non-hydrogen) atoms. The third kappa shape index (κ3) is 2.95. The lowest BCUT2D eigenvalue weighted by Crippen LogP contribution is -2.14. The molecule has 1 rings (SSSR count). The fourth-order valence-electron chi connectivity index (χ4n) is 0.898. The van der Waals surface area contributed by atoms with Crippen LogP contribution in [0.3, 0.4) is 0 Å². The Hall–Kier alpha value is -0.620. The van der Waals surface area contributed by atoms with Gasteiger partial charge in [0.2, 0.25) is 10.0 Å². The number of halogens is 2. The third-order valence-corrected chi connectivity index (χ3v) is 4.16. The highest BCUT2D eigenvalue weighted by Gasteiger charge is 2.10. The lowest BCUT2D eigenvalue weighted by molar-refractivity contribution is 0.603. The van der Waals surface area contributed by atoms with Crippen LogP contribution < -0.4 is 4.72 Å². The molecule has 0 spiro atoms. The van der Waals surface area contributed by atoms with Gasteiger partial charge in [0.25, 0.3) is 0 Å². The summed E-state index contributed by atoms with van der Waals surface area (Å²) in [6.07, 6.45) is 0. The van der Waals surface area contributed by atoms with Crippen molar-refractivity contribution in [3.63, 3.8) is 0 Å². The number of sulfonamides is 1. The Morgan fingerprint density at radius 1 is 1.50 bits per heavy atom. The molecule has 1 aromatic carbocycles. The van der Waals surface area contributed by atoms with Crippen LogP contribution >= 0.6 is 15.9 Å². The molecule has 6 heteroatoms. The van der Waals surface area contributed by atoms with E-state index in [1.165, 1.54) is 12.1 Å². The number of hydrogen-bond donors (Lipinski definition) is 1. The van der Waals surface area contributed by atoms with E-state index in [1.807, 2.05) is 0 Å². The van der Waals surface area contributed by atoms with Crippen molar-refractivity contribution in [2.24, 2.45) is 0 Å². The van der Waals surface area contributed by atoms with Crippen LogP contribution in [0.1, 0.15) is 5.56 Å². The molecule has 0 aliphatic rings. The number of aryl methyl sites for hydroxylation is 1. The second kappa shape index (κ2) is 4.27. The van der Waals surface area contributed by atoms with Crippen molar-refractivity contribution >= 4 is 31.6 Å². The average molecular weight is 282 g/mol. The van der Waals surface area contributed by atoms with Crippen LogP contribution in [0.25, 0.3) is 0 Å². The van der Waals surface area contributed by atoms with Crippen LogP contribution in [0.2, 0.25) is 0 Å². The number of anilines is 1. The number of hydrogen-bond acceptors (Lipinski definition) is 2. The molecule has 0 saturated carbocycles. The summed E-state index contributed by atoms with van der Waals surface area (Å²) < 4.78 is 37.2. The van der Waals surface area contributed by atoms with Crippen molar-refractivity contribution < 1.29 is 12.8 Å². The molecule has 0 fully saturated rings. The molecule has 1 aromatic rings. The predicted octanol–water partition coefficient (Wildman–Crippen LogP) is 2.23. The zero-order chi connectivity index (χ0) is 10.8. The molecule has 0 aliphatic carbocycles. The van der Waals surface area contributed by atoms with Crippen LogP contribution in [-0.2, 0) is 10.0 Å². The first-order valence-electron chi connectivity index (χ1n) is 3.77. The maximum absolute atomic E-state index is 13.2. The summed E-state index contributed by atoms with van der Waals surface area (Å²) in [5.41, 5.74) is 0.708. The summed E-state index contributed by atoms with van der Waals surface area (Å²) >= 11 is 2.79. The molecule has 1 N–H and O–H groups in total. The van der Waals surface area contributed by atoms with Gasteiger partial charge in [0.15, 0.2) is 0 Å². The molecule has 0 bridgehead atoms. The first-order valence-corrected chi connectivity index (χ1v) is 6.54. The van der Waals surface area contributed by atoms with E-state index in [0.717, 1.165) is 5.56 Å². The SMILES string of the molecule is Cc1ccc(NS(=O)(=O)CBr)c(F)c1. The molecule has 0 unspecified atom stereocenters. The van der Waals surface area contributed by atoms with Crippen molar-refractivity contribution in [2.75, 3.05) is 9.38 Å². The summed E-state index contributed by atoms with van der Waals surface area (Å²) in [4.78, 5) is 0. The molecule has 0 radical (unpaired) electrons. The van der Waals surface area contributed by atoms with Crippen LogP contribution in [-0.4, -0.2) is 13.1 Å². The topological polar surface area (TPSA) is 46.2 Å². The molecule has 0 aromatic heterocycles. The molecular formula is C8H9BrFNO2S. The van der Waals surface area contributed by atoms with Gasteiger partial charge in [-0.3, -0.25) is 4.72 Å². The highest BCUT2D eigenvalue weighted by molar-refractivity contribution is 9.10. The van der Waals surface area contributed by atoms with E-state index < -0.39 is 15.8 Å². The van der Waals surface area contributed by atoms with Crippen LogP contribution in [0.5, 0.6) is 0 Å². The Balaban J connectivity index is 2.99. The van der Waals surface area contributed by atoms with E-state index >= 15 is 0 Å². The first-order chi connectivity index (χ1) is 6.44. The predicted molar refractivity (Wildman–Crippen MR) is 57.5 cm³/mol. The van der Waals surface area contributed by atoms with Crippen molar-refractivity contribution in [2.45, 2.75) is 6.92 Å². The van der Waals surface area contributed by atoms with Gasteiger partial charge in [-0.05, 0) is 24.6 Å². The molecule has 0 amide bonds. The quantitative estimate of drug-likeness (QED) is 0.864. The molecule has 3 nitrogen and oxygen atoms in total. The molecular weight excluding hydrogens is 273 g/mol. The highest BCUT2D eigenvalue weighted by atomic mass is 79.9. The molecule has 0 atom stereocenters. The average Bonchev–Trinajstić information content (AvgIpc) is 2.10. The van der Waals surface area contributed by atoms with Crippen molar-refractivity contribution in [1.82, 2.24) is 0 Å². The van der Waals surface area contributed by atoms with Crippen LogP contribution in [0.4, 0.5) is 10.1 Å². The Morgan fingerprint density at radius 3 is 2.64 bits per heavy atom. The summed E-state index contributed by atoms with van der Waals surface area (Å²) in [7, 11) is -3.48. The summed E-state index contributed by atoms with van der Waals surface area (Å²) in [5, 5.41) is 0. The maximum atomic E-state index is 13.2. The van der Waals surface area contributed by atoms with Gasteiger partial charge in [0.05, 0.1) is 5.69 Å². The monoisotopic (exact) mass is 281 g/mol. The van der Waals surface area contributed by atoms with E-state index in [4.69, 9.17) is 0 Å². The smallest absolute Gasteiger partial charge is 0.242 e. The zero-order valence-electron chi connectivity index (χ0n) is 7.42. The van der Waals surface area contributed by atoms with E-state index in [-0.39, 0.29) is 10.3 Å². The fraction of sp³-hybridized carbons (Fsp3) is 0.250. The number of nitrogens with one attached hydrogen (secondary N) is 1. The second-order valence-corrected chi connectivity index (χ2v) is 5.83. The summed E-state index contributed by atoms with van der Waals surface area (Å²) in [6.45, 7) is 1.73. The molecule has 0 saturated heterocycles. The van der Waals surface area contributed by atoms with Gasteiger partial charge in [-0.2, -0.15) is 0 Å². The lowest BCUT2D eigenvalue weighted by Gasteiger charge is -2.06. The van der Waals surface area contributed by atoms with Crippen molar-refractivity contribution in [3.05, 3.63) is 29.6 Å². The number of benzene rings is 1. The van der Waals surface area contributed by atoms with Gasteiger partial charge in [0.1, 0.15) is 10.5 Å². The Bertz CT molecular complexity index is 433. The largest absolute Gasteiger partial charge is 0.280 e. The number of rotatable bonds is 3. The fourth-order valence-corrected chi connectivity index (χ4v) is 1.80. The van der Waals surface area contributed by atoms with E-state index in [0.29, 0.717) is 0 Å². The van der Waals surface area contributed by atoms with Gasteiger partial charge < -0.3 is 0 Å². The van der Waals surface area contributed by atoms with Gasteiger partial charge in [-0.25, -0.2) is 12.8 Å². The third-order valence-electron chi connectivity index (χ3n) is 1.53. The van der Waals surface area contributed by atoms with Gasteiger partial charge >= 0.3 is 0 Å². The van der Waals surface area contributed by atoms with Gasteiger partial charge in [0, 0.05) is 0 Å². The van der Waals surface area contributed by atoms with E-state index in [9.17, 15) is 12.8 Å². The van der Waals surface area contributed by atoms with Crippen molar-refractivity contribution in [3.8, 4) is 0 Å². The van der Waals surface area contributed by atoms with Crippen LogP contribution in [0.15, 0.2) is 18.2 Å². The minimum absolute atomic E-state index is 0.0324. The Kier molecular flexibility index (Phi) is 3.49. The zero-order valence-corrected chi connectivity index (χ0v) is 9.82. The summed E-state index contributed by atoms with van der Waals surface area (Å²) in [6, 6.07) is 4.30. The van der Waals surface area contributed by atoms with E-state index in [1.54, 1.807) is 13.0 Å². The Labute approximate surface area is 90.5 Å². The second-order valence-electron chi connectivity index (χ2n) is 2.81. The van der Waals surface area contributed by atoms with Crippen molar-refractivity contribution in [1.29, 1.82) is 0 Å². The Morgan fingerprint density at radius 2 is 2.14 bits per heavy atom. The van der Waals surface area contributed by atoms with Crippen LogP contribution in [0, 0.1) is 12.7 Å².